The van der Waals surface area contributed by atoms with E-state index in [1.165, 1.54) is 19.3 Å². The zero-order valence-electron chi connectivity index (χ0n) is 12.6. The maximum absolute atomic E-state index is 12.3. The largest absolute Gasteiger partial charge is 0.463 e. The zero-order valence-corrected chi connectivity index (χ0v) is 13.4. The van der Waals surface area contributed by atoms with E-state index in [0.29, 0.717) is 17.6 Å². The van der Waals surface area contributed by atoms with Crippen molar-refractivity contribution in [2.24, 2.45) is 5.92 Å². The van der Waals surface area contributed by atoms with E-state index in [-0.39, 0.29) is 12.0 Å². The number of hydrogen-bond acceptors (Lipinski definition) is 3. The molecule has 0 aromatic rings. The van der Waals surface area contributed by atoms with E-state index in [4.69, 9.17) is 17.0 Å². The Morgan fingerprint density at radius 3 is 2.65 bits per heavy atom. The van der Waals surface area contributed by atoms with Gasteiger partial charge in [-0.05, 0) is 44.8 Å². The molecule has 2 rings (SSSR count). The first-order valence-electron chi connectivity index (χ1n) is 7.48. The van der Waals surface area contributed by atoms with Crippen LogP contribution in [0, 0.1) is 5.92 Å². The molecule has 5 heteroatoms. The summed E-state index contributed by atoms with van der Waals surface area (Å²) in [5.74, 6) is 0.271. The van der Waals surface area contributed by atoms with Crippen molar-refractivity contribution in [3.05, 3.63) is 11.3 Å². The summed E-state index contributed by atoms with van der Waals surface area (Å²) in [5, 5.41) is 4.05. The fraction of sp³-hybridized carbons (Fsp3) is 0.733. The molecular formula is C15H24N2O2S. The van der Waals surface area contributed by atoms with Gasteiger partial charge in [0.05, 0.1) is 18.2 Å². The molecule has 1 saturated carbocycles. The quantitative estimate of drug-likeness (QED) is 0.640. The van der Waals surface area contributed by atoms with Crippen LogP contribution in [0.3, 0.4) is 0 Å². The number of esters is 1. The maximum atomic E-state index is 12.3. The highest BCUT2D eigenvalue weighted by atomic mass is 32.1. The fourth-order valence-corrected chi connectivity index (χ4v) is 3.43. The summed E-state index contributed by atoms with van der Waals surface area (Å²) in [6.45, 7) is 4.20. The third kappa shape index (κ3) is 2.97. The van der Waals surface area contributed by atoms with Gasteiger partial charge in [-0.3, -0.25) is 0 Å². The van der Waals surface area contributed by atoms with Crippen LogP contribution in [0.2, 0.25) is 0 Å². The van der Waals surface area contributed by atoms with Crippen LogP contribution in [0.25, 0.3) is 0 Å². The first kappa shape index (κ1) is 15.3. The monoisotopic (exact) mass is 296 g/mol. The van der Waals surface area contributed by atoms with E-state index >= 15 is 0 Å². The number of ether oxygens (including phenoxy) is 1. The standard InChI is InChI=1S/C15H24N2O2S/c1-4-19-14(18)12-10(2)17(3)15(20)16-13(12)11-8-6-5-7-9-11/h11,13H,4-9H2,1-3H3,(H,16,20)/t13-/m1/s1. The van der Waals surface area contributed by atoms with E-state index in [0.717, 1.165) is 24.1 Å². The van der Waals surface area contributed by atoms with Gasteiger partial charge in [-0.1, -0.05) is 19.3 Å². The summed E-state index contributed by atoms with van der Waals surface area (Å²) in [7, 11) is 1.89. The molecule has 1 fully saturated rings. The molecule has 20 heavy (non-hydrogen) atoms. The van der Waals surface area contributed by atoms with Crippen molar-refractivity contribution >= 4 is 23.3 Å². The van der Waals surface area contributed by atoms with Crippen LogP contribution in [0.4, 0.5) is 0 Å². The minimum absolute atomic E-state index is 0.0121. The number of allylic oxidation sites excluding steroid dienone is 1. The Labute approximate surface area is 126 Å². The highest BCUT2D eigenvalue weighted by molar-refractivity contribution is 7.80. The minimum Gasteiger partial charge on any atom is -0.463 e. The van der Waals surface area contributed by atoms with Crippen molar-refractivity contribution in [2.75, 3.05) is 13.7 Å². The average molecular weight is 296 g/mol. The van der Waals surface area contributed by atoms with Crippen molar-refractivity contribution in [2.45, 2.75) is 52.0 Å². The molecule has 2 aliphatic rings. The van der Waals surface area contributed by atoms with Crippen LogP contribution in [0.15, 0.2) is 11.3 Å². The second kappa shape index (κ2) is 6.57. The third-order valence-corrected chi connectivity index (χ3v) is 4.80. The van der Waals surface area contributed by atoms with E-state index in [1.807, 2.05) is 25.8 Å². The molecule has 0 aromatic carbocycles. The van der Waals surface area contributed by atoms with Gasteiger partial charge in [-0.2, -0.15) is 0 Å². The van der Waals surface area contributed by atoms with Crippen molar-refractivity contribution in [1.82, 2.24) is 10.2 Å². The second-order valence-electron chi connectivity index (χ2n) is 5.60. The Kier molecular flexibility index (Phi) is 5.02. The second-order valence-corrected chi connectivity index (χ2v) is 5.99. The number of nitrogens with zero attached hydrogens (tertiary/aromatic N) is 1. The summed E-state index contributed by atoms with van der Waals surface area (Å²) in [5.41, 5.74) is 1.68. The topological polar surface area (TPSA) is 41.6 Å². The van der Waals surface area contributed by atoms with Crippen molar-refractivity contribution in [3.63, 3.8) is 0 Å². The summed E-state index contributed by atoms with van der Waals surface area (Å²) < 4.78 is 5.25. The molecule has 1 aliphatic carbocycles. The molecule has 0 unspecified atom stereocenters. The molecule has 0 bridgehead atoms. The smallest absolute Gasteiger partial charge is 0.337 e. The lowest BCUT2D eigenvalue weighted by Gasteiger charge is -2.40. The Bertz CT molecular complexity index is 428. The molecule has 0 aromatic heterocycles. The first-order valence-corrected chi connectivity index (χ1v) is 7.89. The Hall–Kier alpha value is -1.10. The summed E-state index contributed by atoms with van der Waals surface area (Å²) in [6.07, 6.45) is 6.08. The predicted molar refractivity (Wildman–Crippen MR) is 83.2 cm³/mol. The van der Waals surface area contributed by atoms with E-state index in [9.17, 15) is 4.79 Å². The van der Waals surface area contributed by atoms with Gasteiger partial charge in [-0.15, -0.1) is 0 Å². The number of nitrogens with one attached hydrogen (secondary N) is 1. The van der Waals surface area contributed by atoms with Crippen LogP contribution in [0.5, 0.6) is 0 Å². The third-order valence-electron chi connectivity index (χ3n) is 4.40. The van der Waals surface area contributed by atoms with Crippen LogP contribution < -0.4 is 5.32 Å². The average Bonchev–Trinajstić information content (AvgIpc) is 2.45. The van der Waals surface area contributed by atoms with Gasteiger partial charge >= 0.3 is 5.97 Å². The van der Waals surface area contributed by atoms with Gasteiger partial charge in [0.2, 0.25) is 0 Å². The molecule has 0 saturated heterocycles. The highest BCUT2D eigenvalue weighted by Gasteiger charge is 2.37. The van der Waals surface area contributed by atoms with E-state index in [1.54, 1.807) is 0 Å². The van der Waals surface area contributed by atoms with Crippen LogP contribution in [0.1, 0.15) is 46.0 Å². The SMILES string of the molecule is CCOC(=O)C1=C(C)N(C)C(=S)N[C@@H]1C1CCCCC1. The van der Waals surface area contributed by atoms with E-state index in [2.05, 4.69) is 5.32 Å². The summed E-state index contributed by atoms with van der Waals surface area (Å²) >= 11 is 5.38. The molecule has 1 heterocycles. The van der Waals surface area contributed by atoms with Crippen LogP contribution in [-0.2, 0) is 9.53 Å². The van der Waals surface area contributed by atoms with Gasteiger partial charge < -0.3 is 15.0 Å². The van der Waals surface area contributed by atoms with E-state index < -0.39 is 0 Å². The number of carbonyl (C=O) groups excluding carboxylic acids is 1. The molecule has 1 atom stereocenters. The number of rotatable bonds is 3. The minimum atomic E-state index is -0.206. The Morgan fingerprint density at radius 2 is 2.05 bits per heavy atom. The molecule has 1 N–H and O–H groups in total. The van der Waals surface area contributed by atoms with Gasteiger partial charge in [0, 0.05) is 12.7 Å². The lowest BCUT2D eigenvalue weighted by atomic mass is 9.80. The lowest BCUT2D eigenvalue weighted by molar-refractivity contribution is -0.139. The maximum Gasteiger partial charge on any atom is 0.337 e. The van der Waals surface area contributed by atoms with Gasteiger partial charge in [-0.25, -0.2) is 4.79 Å². The number of hydrogen-bond donors (Lipinski definition) is 1. The van der Waals surface area contributed by atoms with Crippen molar-refractivity contribution in [3.8, 4) is 0 Å². The highest BCUT2D eigenvalue weighted by Crippen LogP contribution is 2.33. The normalized spacial score (nSPS) is 24.6. The molecule has 4 nitrogen and oxygen atoms in total. The van der Waals surface area contributed by atoms with Crippen molar-refractivity contribution in [1.29, 1.82) is 0 Å². The van der Waals surface area contributed by atoms with Crippen LogP contribution >= 0.6 is 12.2 Å². The Balaban J connectivity index is 2.31. The molecule has 0 amide bonds. The zero-order chi connectivity index (χ0) is 14.7. The number of thiocarbonyl (C=S) groups is 1. The first-order chi connectivity index (χ1) is 9.56. The molecule has 0 spiro atoms. The fourth-order valence-electron chi connectivity index (χ4n) is 3.16. The van der Waals surface area contributed by atoms with Gasteiger partial charge in [0.15, 0.2) is 5.11 Å². The van der Waals surface area contributed by atoms with Gasteiger partial charge in [0.1, 0.15) is 0 Å². The summed E-state index contributed by atoms with van der Waals surface area (Å²) in [4.78, 5) is 14.2. The molecular weight excluding hydrogens is 272 g/mol. The number of carbonyl (C=O) groups is 1. The summed E-state index contributed by atoms with van der Waals surface area (Å²) in [6, 6.07) is 0.0121. The lowest BCUT2D eigenvalue weighted by Crippen LogP contribution is -2.53. The molecule has 0 radical (unpaired) electrons. The van der Waals surface area contributed by atoms with Gasteiger partial charge in [0.25, 0.3) is 0 Å². The molecule has 112 valence electrons. The molecule has 1 aliphatic heterocycles. The van der Waals surface area contributed by atoms with Crippen molar-refractivity contribution < 1.29 is 9.53 Å². The van der Waals surface area contributed by atoms with Crippen LogP contribution in [-0.4, -0.2) is 35.7 Å². The Morgan fingerprint density at radius 1 is 1.40 bits per heavy atom. The predicted octanol–water partition coefficient (Wildman–Crippen LogP) is 2.59.